The van der Waals surface area contributed by atoms with Crippen LogP contribution in [0, 0.1) is 0 Å². The maximum Gasteiger partial charge on any atom is 0.343 e. The smallest absolute Gasteiger partial charge is 0.343 e. The number of ether oxygens (including phenoxy) is 3. The lowest BCUT2D eigenvalue weighted by Crippen LogP contribution is -2.27. The number of fused-ring (bicyclic) bond motifs is 1. The average molecular weight is 454 g/mol. The molecule has 1 aromatic carbocycles. The van der Waals surface area contributed by atoms with Gasteiger partial charge in [0.05, 0.1) is 25.0 Å². The van der Waals surface area contributed by atoms with Gasteiger partial charge in [-0.3, -0.25) is 9.59 Å². The largest absolute Gasteiger partial charge is 0.506 e. The van der Waals surface area contributed by atoms with Crippen LogP contribution in [0.25, 0.3) is 0 Å². The highest BCUT2D eigenvalue weighted by atomic mass is 16.7. The minimum atomic E-state index is -0.894. The number of benzene rings is 1. The zero-order valence-corrected chi connectivity index (χ0v) is 17.8. The molecule has 0 saturated heterocycles. The first kappa shape index (κ1) is 22.0. The van der Waals surface area contributed by atoms with Crippen LogP contribution in [0.5, 0.6) is 17.2 Å². The van der Waals surface area contributed by atoms with E-state index in [1.165, 1.54) is 6.26 Å². The first-order chi connectivity index (χ1) is 16.0. The number of rotatable bonds is 8. The number of hydrogen-bond acceptors (Lipinski definition) is 8. The molecule has 0 bridgehead atoms. The minimum Gasteiger partial charge on any atom is -0.506 e. The van der Waals surface area contributed by atoms with Gasteiger partial charge in [0.15, 0.2) is 11.5 Å². The van der Waals surface area contributed by atoms with Gasteiger partial charge < -0.3 is 34.0 Å². The number of hydrogen-bond donors (Lipinski definition) is 3. The number of H-pyrrole nitrogens is 1. The Labute approximate surface area is 188 Å². The zero-order valence-electron chi connectivity index (χ0n) is 17.8. The van der Waals surface area contributed by atoms with Gasteiger partial charge in [0.1, 0.15) is 17.1 Å². The van der Waals surface area contributed by atoms with Gasteiger partial charge in [-0.15, -0.1) is 0 Å². The van der Waals surface area contributed by atoms with Gasteiger partial charge in [-0.25, -0.2) is 4.79 Å². The van der Waals surface area contributed by atoms with E-state index in [-0.39, 0.29) is 37.5 Å². The van der Waals surface area contributed by atoms with Gasteiger partial charge in [-0.2, -0.15) is 0 Å². The van der Waals surface area contributed by atoms with Gasteiger partial charge in [0, 0.05) is 18.5 Å². The first-order valence-corrected chi connectivity index (χ1v) is 10.3. The fourth-order valence-corrected chi connectivity index (χ4v) is 3.60. The molecule has 2 aromatic heterocycles. The van der Waals surface area contributed by atoms with E-state index >= 15 is 0 Å². The molecule has 10 heteroatoms. The summed E-state index contributed by atoms with van der Waals surface area (Å²) in [6, 6.07) is 8.40. The number of nitrogens with one attached hydrogen (secondary N) is 2. The van der Waals surface area contributed by atoms with E-state index in [2.05, 4.69) is 10.3 Å². The highest BCUT2D eigenvalue weighted by Gasteiger charge is 2.29. The summed E-state index contributed by atoms with van der Waals surface area (Å²) >= 11 is 0. The second-order valence-corrected chi connectivity index (χ2v) is 7.24. The highest BCUT2D eigenvalue weighted by molar-refractivity contribution is 5.92. The van der Waals surface area contributed by atoms with Gasteiger partial charge in [0.2, 0.25) is 12.7 Å². The normalized spacial score (nSPS) is 12.9. The second kappa shape index (κ2) is 9.51. The Balaban J connectivity index is 1.71. The number of aromatic hydroxyl groups is 1. The van der Waals surface area contributed by atoms with E-state index in [1.54, 1.807) is 37.3 Å². The first-order valence-electron chi connectivity index (χ1n) is 10.3. The van der Waals surface area contributed by atoms with Crippen molar-refractivity contribution in [3.63, 3.8) is 0 Å². The van der Waals surface area contributed by atoms with Crippen LogP contribution in [0.1, 0.15) is 46.5 Å². The molecular formula is C23H22N2O8. The summed E-state index contributed by atoms with van der Waals surface area (Å²) < 4.78 is 20.9. The van der Waals surface area contributed by atoms with E-state index in [9.17, 15) is 19.5 Å². The van der Waals surface area contributed by atoms with Crippen molar-refractivity contribution >= 4 is 11.9 Å². The SMILES string of the molecule is CCOC(=O)c1c[nH]c(=O)c([C@H](CC(=O)NCc2ccco2)c2ccc3c(c2)OCO3)c1O. The van der Waals surface area contributed by atoms with Crippen LogP contribution < -0.4 is 20.3 Å². The molecule has 0 radical (unpaired) electrons. The molecule has 0 fully saturated rings. The summed E-state index contributed by atoms with van der Waals surface area (Å²) in [7, 11) is 0. The van der Waals surface area contributed by atoms with Crippen molar-refractivity contribution in [2.45, 2.75) is 25.8 Å². The maximum absolute atomic E-state index is 12.8. The molecule has 0 unspecified atom stereocenters. The van der Waals surface area contributed by atoms with Crippen molar-refractivity contribution in [1.29, 1.82) is 0 Å². The third-order valence-corrected chi connectivity index (χ3v) is 5.17. The van der Waals surface area contributed by atoms with Crippen LogP contribution in [0.3, 0.4) is 0 Å². The number of amides is 1. The quantitative estimate of drug-likeness (QED) is 0.441. The monoisotopic (exact) mass is 454 g/mol. The predicted octanol–water partition coefficient (Wildman–Crippen LogP) is 2.42. The lowest BCUT2D eigenvalue weighted by Gasteiger charge is -2.19. The van der Waals surface area contributed by atoms with Crippen LogP contribution in [-0.4, -0.2) is 35.4 Å². The van der Waals surface area contributed by atoms with Crippen molar-refractivity contribution < 1.29 is 33.3 Å². The summed E-state index contributed by atoms with van der Waals surface area (Å²) in [5, 5.41) is 13.6. The second-order valence-electron chi connectivity index (χ2n) is 7.24. The Hall–Kier alpha value is -4.21. The maximum atomic E-state index is 12.8. The van der Waals surface area contributed by atoms with Gasteiger partial charge in [0.25, 0.3) is 5.56 Å². The lowest BCUT2D eigenvalue weighted by molar-refractivity contribution is -0.121. The number of pyridine rings is 1. The molecule has 3 heterocycles. The fraction of sp³-hybridized carbons (Fsp3) is 0.261. The summed E-state index contributed by atoms with van der Waals surface area (Å²) in [4.78, 5) is 40.3. The molecule has 3 N–H and O–H groups in total. The average Bonchev–Trinajstić information content (AvgIpc) is 3.48. The third-order valence-electron chi connectivity index (χ3n) is 5.17. The van der Waals surface area contributed by atoms with Crippen LogP contribution >= 0.6 is 0 Å². The Morgan fingerprint density at radius 3 is 2.82 bits per heavy atom. The van der Waals surface area contributed by atoms with Crippen molar-refractivity contribution in [1.82, 2.24) is 10.3 Å². The minimum absolute atomic E-state index is 0.0528. The molecule has 10 nitrogen and oxygen atoms in total. The molecule has 4 rings (SSSR count). The van der Waals surface area contributed by atoms with E-state index in [0.717, 1.165) is 6.20 Å². The van der Waals surface area contributed by atoms with Crippen LogP contribution in [-0.2, 0) is 16.1 Å². The van der Waals surface area contributed by atoms with E-state index in [4.69, 9.17) is 18.6 Å². The Kier molecular flexibility index (Phi) is 6.34. The van der Waals surface area contributed by atoms with Crippen LogP contribution in [0.4, 0.5) is 0 Å². The zero-order chi connectivity index (χ0) is 23.4. The fourth-order valence-electron chi connectivity index (χ4n) is 3.60. The van der Waals surface area contributed by atoms with Crippen LogP contribution in [0.2, 0.25) is 0 Å². The van der Waals surface area contributed by atoms with Crippen molar-refractivity contribution in [3.05, 3.63) is 75.6 Å². The Morgan fingerprint density at radius 1 is 1.24 bits per heavy atom. The molecule has 0 spiro atoms. The van der Waals surface area contributed by atoms with Crippen molar-refractivity contribution in [2.75, 3.05) is 13.4 Å². The standard InChI is InChI=1S/C23H22N2O8/c1-2-30-23(29)16-11-25-22(28)20(21(16)27)15(9-19(26)24-10-14-4-3-7-31-14)13-5-6-17-18(8-13)33-12-32-17/h3-8,11,15H,2,9-10,12H2,1H3,(H,24,26)(H2,25,27,28)/t15-/m1/s1. The molecule has 1 aliphatic heterocycles. The predicted molar refractivity (Wildman–Crippen MR) is 114 cm³/mol. The summed E-state index contributed by atoms with van der Waals surface area (Å²) in [5.74, 6) is -1.08. The van der Waals surface area contributed by atoms with Crippen molar-refractivity contribution in [2.24, 2.45) is 0 Å². The Bertz CT molecular complexity index is 1220. The molecule has 0 aliphatic carbocycles. The summed E-state index contributed by atoms with van der Waals surface area (Å²) in [5.41, 5.74) is -0.447. The molecule has 33 heavy (non-hydrogen) atoms. The van der Waals surface area contributed by atoms with Gasteiger partial charge in [-0.1, -0.05) is 6.07 Å². The highest BCUT2D eigenvalue weighted by Crippen LogP contribution is 2.39. The van der Waals surface area contributed by atoms with E-state index in [0.29, 0.717) is 22.8 Å². The molecule has 3 aromatic rings. The number of carbonyl (C=O) groups is 2. The van der Waals surface area contributed by atoms with E-state index < -0.39 is 29.1 Å². The molecule has 1 amide bonds. The Morgan fingerprint density at radius 2 is 2.06 bits per heavy atom. The molecule has 1 aliphatic rings. The number of carbonyl (C=O) groups excluding carboxylic acids is 2. The van der Waals surface area contributed by atoms with E-state index in [1.807, 2.05) is 0 Å². The number of esters is 1. The molecule has 172 valence electrons. The number of furan rings is 1. The van der Waals surface area contributed by atoms with Crippen molar-refractivity contribution in [3.8, 4) is 17.2 Å². The van der Waals surface area contributed by atoms with Gasteiger partial charge in [-0.05, 0) is 36.8 Å². The number of aromatic amines is 1. The summed E-state index contributed by atoms with van der Waals surface area (Å²) in [6.45, 7) is 1.93. The lowest BCUT2D eigenvalue weighted by atomic mass is 9.87. The molecular weight excluding hydrogens is 432 g/mol. The third kappa shape index (κ3) is 4.69. The summed E-state index contributed by atoms with van der Waals surface area (Å²) in [6.07, 6.45) is 2.39. The molecule has 0 saturated carbocycles. The van der Waals surface area contributed by atoms with Gasteiger partial charge >= 0.3 is 5.97 Å². The topological polar surface area (TPSA) is 140 Å². The van der Waals surface area contributed by atoms with Crippen LogP contribution in [0.15, 0.2) is 52.0 Å². The molecule has 1 atom stereocenters. The number of aromatic nitrogens is 1.